The van der Waals surface area contributed by atoms with E-state index in [0.717, 1.165) is 16.7 Å². The van der Waals surface area contributed by atoms with E-state index in [9.17, 15) is 14.0 Å². The highest BCUT2D eigenvalue weighted by Gasteiger charge is 2.40. The van der Waals surface area contributed by atoms with Crippen LogP contribution in [-0.4, -0.2) is 36.9 Å². The lowest BCUT2D eigenvalue weighted by Gasteiger charge is -2.18. The molecule has 1 aliphatic heterocycles. The molecule has 2 atom stereocenters. The Labute approximate surface area is 193 Å². The standard InChI is InChI=1S/C27H27FN2O3/c1-18-6-10-20(11-7-18)24-16-30(27(32)21-4-3-5-23(14-21)33-2)17-25(24)26(31)29-15-19-8-12-22(28)13-9-19/h3-14,24-25H,15-17H2,1-2H3,(H,29,31). The third-order valence-corrected chi connectivity index (χ3v) is 6.15. The van der Waals surface area contributed by atoms with Crippen LogP contribution in [0.1, 0.15) is 33.0 Å². The molecule has 33 heavy (non-hydrogen) atoms. The first-order valence-corrected chi connectivity index (χ1v) is 11.0. The molecular weight excluding hydrogens is 419 g/mol. The van der Waals surface area contributed by atoms with E-state index in [2.05, 4.69) is 5.32 Å². The number of benzene rings is 3. The van der Waals surface area contributed by atoms with Gasteiger partial charge >= 0.3 is 0 Å². The van der Waals surface area contributed by atoms with Gasteiger partial charge in [0.25, 0.3) is 5.91 Å². The third-order valence-electron chi connectivity index (χ3n) is 6.15. The predicted octanol–water partition coefficient (Wildman–Crippen LogP) is 4.31. The number of carbonyl (C=O) groups excluding carboxylic acids is 2. The minimum absolute atomic E-state index is 0.117. The zero-order valence-corrected chi connectivity index (χ0v) is 18.8. The molecular formula is C27H27FN2O3. The van der Waals surface area contributed by atoms with Crippen LogP contribution in [0.15, 0.2) is 72.8 Å². The lowest BCUT2D eigenvalue weighted by Crippen LogP contribution is -2.35. The number of rotatable bonds is 6. The predicted molar refractivity (Wildman–Crippen MR) is 125 cm³/mol. The van der Waals surface area contributed by atoms with Crippen molar-refractivity contribution in [3.8, 4) is 5.75 Å². The minimum Gasteiger partial charge on any atom is -0.497 e. The number of likely N-dealkylation sites (tertiary alicyclic amines) is 1. The van der Waals surface area contributed by atoms with Gasteiger partial charge in [0.1, 0.15) is 11.6 Å². The summed E-state index contributed by atoms with van der Waals surface area (Å²) in [7, 11) is 1.56. The smallest absolute Gasteiger partial charge is 0.254 e. The molecule has 3 aromatic rings. The molecule has 5 nitrogen and oxygen atoms in total. The molecule has 170 valence electrons. The maximum Gasteiger partial charge on any atom is 0.254 e. The van der Waals surface area contributed by atoms with Gasteiger partial charge in [-0.25, -0.2) is 4.39 Å². The summed E-state index contributed by atoms with van der Waals surface area (Å²) in [6, 6.07) is 21.2. The Morgan fingerprint density at radius 3 is 2.45 bits per heavy atom. The second-order valence-corrected chi connectivity index (χ2v) is 8.41. The monoisotopic (exact) mass is 446 g/mol. The van der Waals surface area contributed by atoms with Gasteiger partial charge < -0.3 is 15.0 Å². The molecule has 1 aliphatic rings. The van der Waals surface area contributed by atoms with Gasteiger partial charge in [0, 0.05) is 31.1 Å². The van der Waals surface area contributed by atoms with Crippen LogP contribution in [0.2, 0.25) is 0 Å². The Kier molecular flexibility index (Phi) is 6.73. The molecule has 1 heterocycles. The number of halogens is 1. The largest absolute Gasteiger partial charge is 0.497 e. The summed E-state index contributed by atoms with van der Waals surface area (Å²) in [5, 5.41) is 2.97. The van der Waals surface area contributed by atoms with Crippen molar-refractivity contribution in [2.45, 2.75) is 19.4 Å². The molecule has 0 aromatic heterocycles. The first-order chi connectivity index (χ1) is 15.9. The molecule has 0 aliphatic carbocycles. The van der Waals surface area contributed by atoms with E-state index < -0.39 is 0 Å². The van der Waals surface area contributed by atoms with Crippen LogP contribution in [0.3, 0.4) is 0 Å². The summed E-state index contributed by atoms with van der Waals surface area (Å²) in [5.74, 6) is -0.447. The van der Waals surface area contributed by atoms with Crippen LogP contribution >= 0.6 is 0 Å². The SMILES string of the molecule is COc1cccc(C(=O)N2CC(C(=O)NCc3ccc(F)cc3)C(c3ccc(C)cc3)C2)c1. The molecule has 0 bridgehead atoms. The highest BCUT2D eigenvalue weighted by Crippen LogP contribution is 2.34. The third kappa shape index (κ3) is 5.22. The fourth-order valence-electron chi connectivity index (χ4n) is 4.25. The van der Waals surface area contributed by atoms with Crippen molar-refractivity contribution in [3.05, 3.63) is 101 Å². The maximum absolute atomic E-state index is 13.2. The molecule has 2 unspecified atom stereocenters. The van der Waals surface area contributed by atoms with Crippen molar-refractivity contribution >= 4 is 11.8 Å². The van der Waals surface area contributed by atoms with Gasteiger partial charge in [-0.2, -0.15) is 0 Å². The lowest BCUT2D eigenvalue weighted by atomic mass is 9.88. The number of nitrogens with one attached hydrogen (secondary N) is 1. The van der Waals surface area contributed by atoms with Crippen molar-refractivity contribution in [1.29, 1.82) is 0 Å². The second-order valence-electron chi connectivity index (χ2n) is 8.41. The van der Waals surface area contributed by atoms with Gasteiger partial charge in [-0.05, 0) is 48.4 Å². The number of hydrogen-bond donors (Lipinski definition) is 1. The fourth-order valence-corrected chi connectivity index (χ4v) is 4.25. The van der Waals surface area contributed by atoms with Crippen molar-refractivity contribution in [1.82, 2.24) is 10.2 Å². The number of carbonyl (C=O) groups is 2. The molecule has 4 rings (SSSR count). The van der Waals surface area contributed by atoms with Gasteiger partial charge in [0.2, 0.25) is 5.91 Å². The van der Waals surface area contributed by atoms with Gasteiger partial charge in [0.15, 0.2) is 0 Å². The summed E-state index contributed by atoms with van der Waals surface area (Å²) in [6.45, 7) is 3.10. The molecule has 0 saturated carbocycles. The van der Waals surface area contributed by atoms with Crippen LogP contribution in [-0.2, 0) is 11.3 Å². The van der Waals surface area contributed by atoms with E-state index in [0.29, 0.717) is 30.9 Å². The molecule has 0 spiro atoms. The van der Waals surface area contributed by atoms with E-state index in [1.807, 2.05) is 31.2 Å². The summed E-state index contributed by atoms with van der Waals surface area (Å²) in [5.41, 5.74) is 3.52. The number of amides is 2. The zero-order chi connectivity index (χ0) is 23.4. The Balaban J connectivity index is 1.54. The van der Waals surface area contributed by atoms with Crippen LogP contribution in [0.5, 0.6) is 5.75 Å². The summed E-state index contributed by atoms with van der Waals surface area (Å²) in [4.78, 5) is 28.2. The molecule has 6 heteroatoms. The van der Waals surface area contributed by atoms with Crippen molar-refractivity contribution in [3.63, 3.8) is 0 Å². The Hall–Kier alpha value is -3.67. The maximum atomic E-state index is 13.2. The lowest BCUT2D eigenvalue weighted by molar-refractivity contribution is -0.125. The van der Waals surface area contributed by atoms with Gasteiger partial charge in [-0.1, -0.05) is 48.0 Å². The first-order valence-electron chi connectivity index (χ1n) is 11.0. The number of ether oxygens (including phenoxy) is 1. The second kappa shape index (κ2) is 9.86. The first kappa shape index (κ1) is 22.5. The Morgan fingerprint density at radius 2 is 1.76 bits per heavy atom. The summed E-state index contributed by atoms with van der Waals surface area (Å²) < 4.78 is 18.4. The quantitative estimate of drug-likeness (QED) is 0.614. The number of hydrogen-bond acceptors (Lipinski definition) is 3. The average molecular weight is 447 g/mol. The van der Waals surface area contributed by atoms with Gasteiger partial charge in [-0.3, -0.25) is 9.59 Å². The minimum atomic E-state index is -0.386. The van der Waals surface area contributed by atoms with Crippen molar-refractivity contribution in [2.75, 3.05) is 20.2 Å². The normalized spacial score (nSPS) is 17.6. The summed E-state index contributed by atoms with van der Waals surface area (Å²) >= 11 is 0. The molecule has 3 aromatic carbocycles. The van der Waals surface area contributed by atoms with Gasteiger partial charge in [0.05, 0.1) is 13.0 Å². The van der Waals surface area contributed by atoms with E-state index in [1.54, 1.807) is 48.4 Å². The zero-order valence-electron chi connectivity index (χ0n) is 18.8. The fraction of sp³-hybridized carbons (Fsp3) is 0.259. The highest BCUT2D eigenvalue weighted by atomic mass is 19.1. The number of methoxy groups -OCH3 is 1. The van der Waals surface area contributed by atoms with Gasteiger partial charge in [-0.15, -0.1) is 0 Å². The number of aryl methyl sites for hydroxylation is 1. The molecule has 1 fully saturated rings. The Bertz CT molecular complexity index is 1130. The highest BCUT2D eigenvalue weighted by molar-refractivity contribution is 5.95. The molecule has 2 amide bonds. The summed E-state index contributed by atoms with van der Waals surface area (Å²) in [6.07, 6.45) is 0. The van der Waals surface area contributed by atoms with Crippen LogP contribution in [0.4, 0.5) is 4.39 Å². The van der Waals surface area contributed by atoms with E-state index in [-0.39, 0.29) is 29.5 Å². The molecule has 1 N–H and O–H groups in total. The van der Waals surface area contributed by atoms with Crippen LogP contribution in [0.25, 0.3) is 0 Å². The van der Waals surface area contributed by atoms with Crippen molar-refractivity contribution < 1.29 is 18.7 Å². The molecule has 1 saturated heterocycles. The van der Waals surface area contributed by atoms with Crippen LogP contribution < -0.4 is 10.1 Å². The van der Waals surface area contributed by atoms with E-state index in [1.165, 1.54) is 12.1 Å². The van der Waals surface area contributed by atoms with E-state index >= 15 is 0 Å². The average Bonchev–Trinajstić information content (AvgIpc) is 3.29. The van der Waals surface area contributed by atoms with Crippen molar-refractivity contribution in [2.24, 2.45) is 5.92 Å². The van der Waals surface area contributed by atoms with E-state index in [4.69, 9.17) is 4.74 Å². The molecule has 0 radical (unpaired) electrons. The number of nitrogens with zero attached hydrogens (tertiary/aromatic N) is 1. The topological polar surface area (TPSA) is 58.6 Å². The van der Waals surface area contributed by atoms with Crippen LogP contribution in [0, 0.1) is 18.7 Å². The Morgan fingerprint density at radius 1 is 1.03 bits per heavy atom.